The quantitative estimate of drug-likeness (QED) is 0.747. The summed E-state index contributed by atoms with van der Waals surface area (Å²) in [6.45, 7) is 2.79. The molecule has 2 heterocycles. The molecule has 3 heteroatoms. The predicted octanol–water partition coefficient (Wildman–Crippen LogP) is 4.73. The Morgan fingerprint density at radius 2 is 1.95 bits per heavy atom. The third kappa shape index (κ3) is 2.89. The Morgan fingerprint density at radius 3 is 2.70 bits per heavy atom. The van der Waals surface area contributed by atoms with E-state index in [9.17, 15) is 0 Å². The molecule has 0 atom stereocenters. The number of rotatable bonds is 4. The Labute approximate surface area is 123 Å². The van der Waals surface area contributed by atoms with Gasteiger partial charge in [-0.05, 0) is 36.1 Å². The van der Waals surface area contributed by atoms with Gasteiger partial charge in [-0.3, -0.25) is 4.98 Å². The van der Waals surface area contributed by atoms with Crippen molar-refractivity contribution >= 4 is 17.0 Å². The molecule has 100 valence electrons. The second-order valence-electron chi connectivity index (χ2n) is 4.68. The van der Waals surface area contributed by atoms with Gasteiger partial charge in [-0.15, -0.1) is 11.3 Å². The molecular weight excluding hydrogens is 264 g/mol. The van der Waals surface area contributed by atoms with E-state index in [4.69, 9.17) is 0 Å². The van der Waals surface area contributed by atoms with Crippen LogP contribution in [-0.2, 0) is 6.54 Å². The molecule has 0 saturated heterocycles. The lowest BCUT2D eigenvalue weighted by molar-refractivity contribution is 1.09. The van der Waals surface area contributed by atoms with Crippen LogP contribution in [0.15, 0.2) is 60.1 Å². The Hall–Kier alpha value is -2.13. The molecule has 0 bridgehead atoms. The summed E-state index contributed by atoms with van der Waals surface area (Å²) in [7, 11) is 0. The summed E-state index contributed by atoms with van der Waals surface area (Å²) >= 11 is 1.76. The molecule has 0 saturated carbocycles. The van der Waals surface area contributed by atoms with E-state index in [1.807, 2.05) is 19.2 Å². The summed E-state index contributed by atoms with van der Waals surface area (Å²) in [6, 6.07) is 16.8. The van der Waals surface area contributed by atoms with Gasteiger partial charge in [0.1, 0.15) is 0 Å². The van der Waals surface area contributed by atoms with Crippen molar-refractivity contribution < 1.29 is 0 Å². The van der Waals surface area contributed by atoms with Crippen molar-refractivity contribution in [3.8, 4) is 10.4 Å². The minimum Gasteiger partial charge on any atom is -0.380 e. The van der Waals surface area contributed by atoms with Crippen molar-refractivity contribution in [2.75, 3.05) is 5.32 Å². The number of aromatic nitrogens is 1. The average Bonchev–Trinajstić information content (AvgIpc) is 3.01. The van der Waals surface area contributed by atoms with Crippen LogP contribution in [0.4, 0.5) is 5.69 Å². The average molecular weight is 280 g/mol. The lowest BCUT2D eigenvalue weighted by atomic mass is 10.1. The van der Waals surface area contributed by atoms with E-state index in [1.165, 1.54) is 16.0 Å². The molecule has 1 N–H and O–H groups in total. The summed E-state index contributed by atoms with van der Waals surface area (Å²) < 4.78 is 0. The molecule has 3 rings (SSSR count). The molecule has 0 aliphatic heterocycles. The van der Waals surface area contributed by atoms with Crippen LogP contribution in [0.1, 0.15) is 11.3 Å². The molecule has 3 aromatic rings. The fraction of sp³-hybridized carbons (Fsp3) is 0.118. The van der Waals surface area contributed by atoms with E-state index in [0.717, 1.165) is 17.9 Å². The Bertz CT molecular complexity index is 672. The van der Waals surface area contributed by atoms with Crippen LogP contribution < -0.4 is 5.32 Å². The summed E-state index contributed by atoms with van der Waals surface area (Å²) in [5, 5.41) is 5.61. The van der Waals surface area contributed by atoms with Crippen molar-refractivity contribution in [3.05, 3.63) is 71.4 Å². The molecule has 0 aliphatic carbocycles. The van der Waals surface area contributed by atoms with Gasteiger partial charge in [0.2, 0.25) is 0 Å². The van der Waals surface area contributed by atoms with Crippen molar-refractivity contribution in [3.63, 3.8) is 0 Å². The number of hydrogen-bond acceptors (Lipinski definition) is 3. The number of hydrogen-bond donors (Lipinski definition) is 1. The molecule has 0 unspecified atom stereocenters. The zero-order chi connectivity index (χ0) is 13.8. The van der Waals surface area contributed by atoms with Crippen LogP contribution in [0.25, 0.3) is 10.4 Å². The highest BCUT2D eigenvalue weighted by atomic mass is 32.1. The first-order valence-corrected chi connectivity index (χ1v) is 7.49. The Balaban J connectivity index is 1.79. The molecule has 1 aromatic carbocycles. The number of benzene rings is 1. The van der Waals surface area contributed by atoms with E-state index in [2.05, 4.69) is 58.1 Å². The van der Waals surface area contributed by atoms with Crippen LogP contribution in [0, 0.1) is 6.92 Å². The fourth-order valence-corrected chi connectivity index (χ4v) is 2.85. The second kappa shape index (κ2) is 5.88. The molecule has 20 heavy (non-hydrogen) atoms. The third-order valence-electron chi connectivity index (χ3n) is 3.17. The van der Waals surface area contributed by atoms with Crippen molar-refractivity contribution in [1.29, 1.82) is 0 Å². The summed E-state index contributed by atoms with van der Waals surface area (Å²) in [4.78, 5) is 5.61. The number of para-hydroxylation sites is 1. The van der Waals surface area contributed by atoms with E-state index < -0.39 is 0 Å². The molecule has 2 aromatic heterocycles. The third-order valence-corrected chi connectivity index (χ3v) is 4.07. The topological polar surface area (TPSA) is 24.9 Å². The molecule has 0 fully saturated rings. The van der Waals surface area contributed by atoms with Gasteiger partial charge in [0.25, 0.3) is 0 Å². The zero-order valence-electron chi connectivity index (χ0n) is 11.3. The van der Waals surface area contributed by atoms with Crippen molar-refractivity contribution in [2.45, 2.75) is 13.5 Å². The van der Waals surface area contributed by atoms with Gasteiger partial charge in [0.15, 0.2) is 0 Å². The first-order chi connectivity index (χ1) is 9.83. The maximum atomic E-state index is 4.33. The number of thiophene rings is 1. The van der Waals surface area contributed by atoms with Crippen LogP contribution in [0.3, 0.4) is 0 Å². The van der Waals surface area contributed by atoms with Crippen molar-refractivity contribution in [2.24, 2.45) is 0 Å². The first-order valence-electron chi connectivity index (χ1n) is 6.61. The van der Waals surface area contributed by atoms with Gasteiger partial charge in [0, 0.05) is 34.6 Å². The molecule has 2 nitrogen and oxygen atoms in total. The first kappa shape index (κ1) is 12.9. The number of nitrogens with one attached hydrogen (secondary N) is 1. The molecular formula is C17H16N2S. The normalized spacial score (nSPS) is 10.4. The maximum Gasteiger partial charge on any atom is 0.0430 e. The van der Waals surface area contributed by atoms with Gasteiger partial charge in [-0.2, -0.15) is 0 Å². The van der Waals surface area contributed by atoms with Crippen molar-refractivity contribution in [1.82, 2.24) is 4.98 Å². The monoisotopic (exact) mass is 280 g/mol. The molecule has 0 spiro atoms. The predicted molar refractivity (Wildman–Crippen MR) is 86.1 cm³/mol. The van der Waals surface area contributed by atoms with Crippen LogP contribution in [-0.4, -0.2) is 4.98 Å². The van der Waals surface area contributed by atoms with Gasteiger partial charge in [-0.1, -0.05) is 30.3 Å². The highest BCUT2D eigenvalue weighted by Crippen LogP contribution is 2.31. The lowest BCUT2D eigenvalue weighted by Gasteiger charge is -2.11. The number of aryl methyl sites for hydroxylation is 1. The highest BCUT2D eigenvalue weighted by molar-refractivity contribution is 7.13. The summed E-state index contributed by atoms with van der Waals surface area (Å²) in [6.07, 6.45) is 1.93. The minimum atomic E-state index is 0.787. The van der Waals surface area contributed by atoms with E-state index in [-0.39, 0.29) is 0 Å². The minimum absolute atomic E-state index is 0.787. The van der Waals surface area contributed by atoms with Gasteiger partial charge < -0.3 is 5.32 Å². The van der Waals surface area contributed by atoms with E-state index in [0.29, 0.717) is 0 Å². The van der Waals surface area contributed by atoms with E-state index in [1.54, 1.807) is 11.3 Å². The standard InChI is InChI=1S/C17H16N2S/c1-13-8-9-14(11-18-13)12-19-16-6-3-2-5-15(16)17-7-4-10-20-17/h2-11,19H,12H2,1H3. The SMILES string of the molecule is Cc1ccc(CNc2ccccc2-c2cccs2)cn1. The van der Waals surface area contributed by atoms with E-state index >= 15 is 0 Å². The molecule has 0 aliphatic rings. The van der Waals surface area contributed by atoms with Gasteiger partial charge in [-0.25, -0.2) is 0 Å². The zero-order valence-corrected chi connectivity index (χ0v) is 12.2. The smallest absolute Gasteiger partial charge is 0.0430 e. The molecule has 0 radical (unpaired) electrons. The number of anilines is 1. The summed E-state index contributed by atoms with van der Waals surface area (Å²) in [5.41, 5.74) is 4.66. The largest absolute Gasteiger partial charge is 0.380 e. The number of pyridine rings is 1. The summed E-state index contributed by atoms with van der Waals surface area (Å²) in [5.74, 6) is 0. The number of nitrogens with zero attached hydrogens (tertiary/aromatic N) is 1. The maximum absolute atomic E-state index is 4.33. The van der Waals surface area contributed by atoms with Gasteiger partial charge in [0.05, 0.1) is 0 Å². The van der Waals surface area contributed by atoms with Gasteiger partial charge >= 0.3 is 0 Å². The van der Waals surface area contributed by atoms with Crippen LogP contribution >= 0.6 is 11.3 Å². The second-order valence-corrected chi connectivity index (χ2v) is 5.63. The highest BCUT2D eigenvalue weighted by Gasteiger charge is 2.05. The fourth-order valence-electron chi connectivity index (χ4n) is 2.08. The molecule has 0 amide bonds. The lowest BCUT2D eigenvalue weighted by Crippen LogP contribution is -2.01. The Morgan fingerprint density at radius 1 is 1.05 bits per heavy atom. The van der Waals surface area contributed by atoms with Crippen LogP contribution in [0.5, 0.6) is 0 Å². The van der Waals surface area contributed by atoms with Crippen LogP contribution in [0.2, 0.25) is 0 Å². The Kier molecular flexibility index (Phi) is 3.79.